The van der Waals surface area contributed by atoms with Crippen molar-refractivity contribution in [2.75, 3.05) is 0 Å². The number of benzene rings is 2. The van der Waals surface area contributed by atoms with Gasteiger partial charge in [0.15, 0.2) is 6.10 Å². The summed E-state index contributed by atoms with van der Waals surface area (Å²) in [6.07, 6.45) is -0.190. The van der Waals surface area contributed by atoms with Gasteiger partial charge in [-0.25, -0.2) is 0 Å². The van der Waals surface area contributed by atoms with Gasteiger partial charge in [0.25, 0.3) is 11.8 Å². The number of carbonyl (C=O) groups is 2. The number of nitrogens with one attached hydrogen (secondary N) is 2. The van der Waals surface area contributed by atoms with Crippen molar-refractivity contribution in [3.8, 4) is 5.75 Å². The summed E-state index contributed by atoms with van der Waals surface area (Å²) in [4.78, 5) is 24.3. The number of hydrogen-bond acceptors (Lipinski definition) is 3. The Hall–Kier alpha value is -2.82. The summed E-state index contributed by atoms with van der Waals surface area (Å²) in [6.45, 7) is 5.67. The first-order valence-electron chi connectivity index (χ1n) is 7.90. The predicted molar refractivity (Wildman–Crippen MR) is 92.7 cm³/mol. The fourth-order valence-corrected chi connectivity index (χ4v) is 2.20. The minimum absolute atomic E-state index is 0.355. The number of aryl methyl sites for hydroxylation is 2. The van der Waals surface area contributed by atoms with E-state index in [1.54, 1.807) is 12.1 Å². The highest BCUT2D eigenvalue weighted by Crippen LogP contribution is 2.14. The Morgan fingerprint density at radius 1 is 1.00 bits per heavy atom. The van der Waals surface area contributed by atoms with Crippen LogP contribution in [-0.2, 0) is 4.79 Å². The highest BCUT2D eigenvalue weighted by Gasteiger charge is 2.19. The minimum Gasteiger partial charge on any atom is -0.481 e. The number of ether oxygens (including phenoxy) is 1. The quantitative estimate of drug-likeness (QED) is 0.830. The number of amides is 2. The lowest BCUT2D eigenvalue weighted by Gasteiger charge is -2.18. The van der Waals surface area contributed by atoms with E-state index < -0.39 is 6.10 Å². The Kier molecular flexibility index (Phi) is 5.95. The Morgan fingerprint density at radius 2 is 1.67 bits per heavy atom. The minimum atomic E-state index is -0.676. The molecule has 0 aliphatic heterocycles. The zero-order valence-corrected chi connectivity index (χ0v) is 14.1. The molecular weight excluding hydrogens is 304 g/mol. The number of hydrazine groups is 1. The van der Waals surface area contributed by atoms with Gasteiger partial charge in [-0.3, -0.25) is 20.4 Å². The van der Waals surface area contributed by atoms with E-state index in [1.165, 1.54) is 0 Å². The molecule has 126 valence electrons. The summed E-state index contributed by atoms with van der Waals surface area (Å²) in [6, 6.07) is 14.6. The van der Waals surface area contributed by atoms with Gasteiger partial charge in [0.05, 0.1) is 0 Å². The van der Waals surface area contributed by atoms with Crippen LogP contribution in [0.5, 0.6) is 5.75 Å². The van der Waals surface area contributed by atoms with Crippen LogP contribution in [0.2, 0.25) is 0 Å². The first-order chi connectivity index (χ1) is 11.5. The van der Waals surface area contributed by atoms with Crippen LogP contribution in [0.3, 0.4) is 0 Å². The second-order valence-corrected chi connectivity index (χ2v) is 5.59. The summed E-state index contributed by atoms with van der Waals surface area (Å²) in [5, 5.41) is 0. The van der Waals surface area contributed by atoms with Crippen LogP contribution >= 0.6 is 0 Å². The zero-order valence-electron chi connectivity index (χ0n) is 14.1. The van der Waals surface area contributed by atoms with Crippen molar-refractivity contribution >= 4 is 11.8 Å². The topological polar surface area (TPSA) is 67.4 Å². The van der Waals surface area contributed by atoms with Gasteiger partial charge in [-0.15, -0.1) is 0 Å². The number of carbonyl (C=O) groups excluding carboxylic acids is 2. The van der Waals surface area contributed by atoms with Crippen molar-refractivity contribution in [2.45, 2.75) is 33.3 Å². The fourth-order valence-electron chi connectivity index (χ4n) is 2.20. The van der Waals surface area contributed by atoms with Gasteiger partial charge in [-0.1, -0.05) is 42.8 Å². The third kappa shape index (κ3) is 4.59. The van der Waals surface area contributed by atoms with Gasteiger partial charge < -0.3 is 4.74 Å². The van der Waals surface area contributed by atoms with Crippen molar-refractivity contribution in [1.82, 2.24) is 10.9 Å². The molecule has 0 aromatic heterocycles. The third-order valence-corrected chi connectivity index (χ3v) is 3.65. The zero-order chi connectivity index (χ0) is 17.5. The SMILES string of the molecule is CCC(Oc1ccc(C)cc1)C(=O)NNC(=O)c1ccccc1C. The lowest BCUT2D eigenvalue weighted by Crippen LogP contribution is -2.48. The molecule has 5 heteroatoms. The Balaban J connectivity index is 1.93. The molecule has 0 fully saturated rings. The van der Waals surface area contributed by atoms with Crippen LogP contribution in [0.4, 0.5) is 0 Å². The molecule has 0 heterocycles. The Morgan fingerprint density at radius 3 is 2.29 bits per heavy atom. The van der Waals surface area contributed by atoms with E-state index in [4.69, 9.17) is 4.74 Å². The van der Waals surface area contributed by atoms with Crippen LogP contribution in [-0.4, -0.2) is 17.9 Å². The summed E-state index contributed by atoms with van der Waals surface area (Å²) >= 11 is 0. The molecule has 0 radical (unpaired) electrons. The molecule has 0 spiro atoms. The fraction of sp³-hybridized carbons (Fsp3) is 0.263. The van der Waals surface area contributed by atoms with Crippen LogP contribution in [0.15, 0.2) is 48.5 Å². The van der Waals surface area contributed by atoms with Crippen LogP contribution in [0, 0.1) is 13.8 Å². The molecule has 2 amide bonds. The molecule has 2 rings (SSSR count). The maximum atomic E-state index is 12.2. The standard InChI is InChI=1S/C19H22N2O3/c1-4-17(24-15-11-9-13(2)10-12-15)19(23)21-20-18(22)16-8-6-5-7-14(16)3/h5-12,17H,4H2,1-3H3,(H,20,22)(H,21,23). The van der Waals surface area contributed by atoms with E-state index in [9.17, 15) is 9.59 Å². The maximum absolute atomic E-state index is 12.2. The van der Waals surface area contributed by atoms with E-state index in [1.807, 2.05) is 57.2 Å². The largest absolute Gasteiger partial charge is 0.481 e. The summed E-state index contributed by atoms with van der Waals surface area (Å²) in [5.41, 5.74) is 7.33. The summed E-state index contributed by atoms with van der Waals surface area (Å²) in [7, 11) is 0. The van der Waals surface area contributed by atoms with Gasteiger partial charge in [-0.2, -0.15) is 0 Å². The molecule has 0 aliphatic carbocycles. The van der Waals surface area contributed by atoms with Gasteiger partial charge in [0.1, 0.15) is 5.75 Å². The Labute approximate surface area is 142 Å². The van der Waals surface area contributed by atoms with Crippen molar-refractivity contribution in [3.63, 3.8) is 0 Å². The average molecular weight is 326 g/mol. The molecule has 0 bridgehead atoms. The van der Waals surface area contributed by atoms with Crippen LogP contribution in [0.25, 0.3) is 0 Å². The molecular formula is C19H22N2O3. The Bertz CT molecular complexity index is 711. The molecule has 0 aliphatic rings. The van der Waals surface area contributed by atoms with E-state index in [-0.39, 0.29) is 11.8 Å². The predicted octanol–water partition coefficient (Wildman–Crippen LogP) is 2.92. The molecule has 1 atom stereocenters. The maximum Gasteiger partial charge on any atom is 0.279 e. The van der Waals surface area contributed by atoms with Crippen LogP contribution < -0.4 is 15.6 Å². The normalized spacial score (nSPS) is 11.5. The first-order valence-corrected chi connectivity index (χ1v) is 7.90. The molecule has 24 heavy (non-hydrogen) atoms. The molecule has 2 N–H and O–H groups in total. The van der Waals surface area contributed by atoms with E-state index in [0.717, 1.165) is 11.1 Å². The molecule has 0 saturated heterocycles. The van der Waals surface area contributed by atoms with Gasteiger partial charge >= 0.3 is 0 Å². The van der Waals surface area contributed by atoms with Crippen molar-refractivity contribution in [1.29, 1.82) is 0 Å². The lowest BCUT2D eigenvalue weighted by molar-refractivity contribution is -0.128. The first kappa shape index (κ1) is 17.5. The number of rotatable bonds is 5. The molecule has 2 aromatic rings. The van der Waals surface area contributed by atoms with Gasteiger partial charge in [0.2, 0.25) is 0 Å². The van der Waals surface area contributed by atoms with E-state index >= 15 is 0 Å². The van der Waals surface area contributed by atoms with E-state index in [0.29, 0.717) is 17.7 Å². The van der Waals surface area contributed by atoms with Gasteiger partial charge in [0, 0.05) is 5.56 Å². The molecule has 5 nitrogen and oxygen atoms in total. The molecule has 0 saturated carbocycles. The van der Waals surface area contributed by atoms with Crippen molar-refractivity contribution in [2.24, 2.45) is 0 Å². The van der Waals surface area contributed by atoms with Crippen molar-refractivity contribution < 1.29 is 14.3 Å². The second kappa shape index (κ2) is 8.15. The third-order valence-electron chi connectivity index (χ3n) is 3.65. The molecule has 1 unspecified atom stereocenters. The average Bonchev–Trinajstić information content (AvgIpc) is 2.59. The highest BCUT2D eigenvalue weighted by molar-refractivity contribution is 5.97. The smallest absolute Gasteiger partial charge is 0.279 e. The molecule has 2 aromatic carbocycles. The second-order valence-electron chi connectivity index (χ2n) is 5.59. The monoisotopic (exact) mass is 326 g/mol. The van der Waals surface area contributed by atoms with Crippen LogP contribution in [0.1, 0.15) is 34.8 Å². The lowest BCUT2D eigenvalue weighted by atomic mass is 10.1. The van der Waals surface area contributed by atoms with Gasteiger partial charge in [-0.05, 0) is 44.0 Å². The summed E-state index contributed by atoms with van der Waals surface area (Å²) < 4.78 is 5.68. The highest BCUT2D eigenvalue weighted by atomic mass is 16.5. The number of hydrogen-bond donors (Lipinski definition) is 2. The summed E-state index contributed by atoms with van der Waals surface area (Å²) in [5.74, 6) is -0.125. The van der Waals surface area contributed by atoms with E-state index in [2.05, 4.69) is 10.9 Å². The van der Waals surface area contributed by atoms with Crippen molar-refractivity contribution in [3.05, 3.63) is 65.2 Å².